The van der Waals surface area contributed by atoms with E-state index in [1.54, 1.807) is 43.6 Å². The maximum absolute atomic E-state index is 12.1. The number of aliphatic hydroxyl groups is 2. The minimum atomic E-state index is -0.752. The van der Waals surface area contributed by atoms with Gasteiger partial charge in [-0.15, -0.1) is 0 Å². The molecule has 1 rings (SSSR count). The summed E-state index contributed by atoms with van der Waals surface area (Å²) in [6, 6.07) is 0. The molecule has 0 amide bonds. The van der Waals surface area contributed by atoms with Gasteiger partial charge in [-0.1, -0.05) is 128 Å². The molecule has 0 spiro atoms. The zero-order valence-electron chi connectivity index (χ0n) is 34.6. The lowest BCUT2D eigenvalue weighted by Crippen LogP contribution is -2.32. The third-order valence-corrected chi connectivity index (χ3v) is 10.9. The SMILES string of the molecule is CCCCC/C=C/CC1=CC(CCCCCCCC(=O)OCC(O)N(C)C)C(CCCCCCCC(=O)OCC(O)N(C)C)CC1CCCCCC. The normalized spacial score (nSPS) is 19.0. The second kappa shape index (κ2) is 31.6. The molecule has 8 nitrogen and oxygen atoms in total. The number of unbranched alkanes of at least 4 members (excludes halogenated alkanes) is 14. The van der Waals surface area contributed by atoms with E-state index in [9.17, 15) is 19.8 Å². The van der Waals surface area contributed by atoms with Crippen molar-refractivity contribution in [2.75, 3.05) is 41.4 Å². The lowest BCUT2D eigenvalue weighted by atomic mass is 9.69. The number of ether oxygens (including phenoxy) is 2. The van der Waals surface area contributed by atoms with E-state index in [2.05, 4.69) is 32.1 Å². The summed E-state index contributed by atoms with van der Waals surface area (Å²) in [5.74, 6) is 1.69. The molecule has 0 radical (unpaired) electrons. The molecule has 5 unspecified atom stereocenters. The number of esters is 2. The third-order valence-electron chi connectivity index (χ3n) is 10.9. The van der Waals surface area contributed by atoms with Crippen molar-refractivity contribution >= 4 is 11.9 Å². The van der Waals surface area contributed by atoms with Crippen LogP contribution in [0.3, 0.4) is 0 Å². The Morgan fingerprint density at radius 3 is 1.71 bits per heavy atom. The van der Waals surface area contributed by atoms with Gasteiger partial charge in [0, 0.05) is 12.8 Å². The second-order valence-corrected chi connectivity index (χ2v) is 16.0. The lowest BCUT2D eigenvalue weighted by molar-refractivity contribution is -0.150. The van der Waals surface area contributed by atoms with E-state index >= 15 is 0 Å². The van der Waals surface area contributed by atoms with E-state index in [4.69, 9.17) is 9.47 Å². The Bertz CT molecular complexity index is 951. The van der Waals surface area contributed by atoms with Gasteiger partial charge in [-0.05, 0) is 104 Å². The molecule has 0 saturated heterocycles. The van der Waals surface area contributed by atoms with Crippen LogP contribution in [0.25, 0.3) is 0 Å². The van der Waals surface area contributed by atoms with Crippen molar-refractivity contribution in [2.24, 2.45) is 17.8 Å². The highest BCUT2D eigenvalue weighted by Crippen LogP contribution is 2.42. The predicted octanol–water partition coefficient (Wildman–Crippen LogP) is 9.97. The highest BCUT2D eigenvalue weighted by molar-refractivity contribution is 5.69. The summed E-state index contributed by atoms with van der Waals surface area (Å²) in [6.07, 6.45) is 34.7. The van der Waals surface area contributed by atoms with E-state index in [-0.39, 0.29) is 25.2 Å². The monoisotopic (exact) mass is 735 g/mol. The fraction of sp³-hybridized carbons (Fsp3) is 0.864. The molecule has 0 saturated carbocycles. The number of allylic oxidation sites excluding steroid dienone is 4. The quantitative estimate of drug-likeness (QED) is 0.0298. The Morgan fingerprint density at radius 1 is 0.673 bits per heavy atom. The van der Waals surface area contributed by atoms with Crippen LogP contribution in [0, 0.1) is 17.8 Å². The number of hydrogen-bond donors (Lipinski definition) is 2. The van der Waals surface area contributed by atoms with E-state index in [0.717, 1.165) is 50.9 Å². The van der Waals surface area contributed by atoms with Gasteiger partial charge < -0.3 is 19.7 Å². The van der Waals surface area contributed by atoms with Gasteiger partial charge in [0.2, 0.25) is 0 Å². The summed E-state index contributed by atoms with van der Waals surface area (Å²) in [5.41, 5.74) is 1.70. The number of aliphatic hydroxyl groups excluding tert-OH is 2. The summed E-state index contributed by atoms with van der Waals surface area (Å²) in [7, 11) is 7.05. The highest BCUT2D eigenvalue weighted by atomic mass is 16.5. The Hall–Kier alpha value is -1.74. The van der Waals surface area contributed by atoms with E-state index in [0.29, 0.717) is 24.7 Å². The van der Waals surface area contributed by atoms with Crippen molar-refractivity contribution in [3.63, 3.8) is 0 Å². The third kappa shape index (κ3) is 24.6. The van der Waals surface area contributed by atoms with Gasteiger partial charge in [0.15, 0.2) is 0 Å². The molecule has 8 heteroatoms. The Morgan fingerprint density at radius 2 is 1.15 bits per heavy atom. The van der Waals surface area contributed by atoms with Crippen LogP contribution in [-0.2, 0) is 19.1 Å². The van der Waals surface area contributed by atoms with Crippen molar-refractivity contribution in [2.45, 2.75) is 187 Å². The van der Waals surface area contributed by atoms with Crippen LogP contribution in [0.1, 0.15) is 174 Å². The molecule has 1 aliphatic rings. The predicted molar refractivity (Wildman–Crippen MR) is 216 cm³/mol. The summed E-state index contributed by atoms with van der Waals surface area (Å²) >= 11 is 0. The molecule has 52 heavy (non-hydrogen) atoms. The largest absolute Gasteiger partial charge is 0.461 e. The fourth-order valence-corrected chi connectivity index (χ4v) is 7.26. The topological polar surface area (TPSA) is 99.5 Å². The fourth-order valence-electron chi connectivity index (χ4n) is 7.26. The number of hydrogen-bond acceptors (Lipinski definition) is 8. The van der Waals surface area contributed by atoms with Crippen LogP contribution >= 0.6 is 0 Å². The maximum Gasteiger partial charge on any atom is 0.305 e. The number of carbonyl (C=O) groups excluding carboxylic acids is 2. The van der Waals surface area contributed by atoms with Gasteiger partial charge >= 0.3 is 11.9 Å². The minimum absolute atomic E-state index is 0.0263. The van der Waals surface area contributed by atoms with Crippen LogP contribution in [0.15, 0.2) is 23.8 Å². The number of rotatable bonds is 33. The average Bonchev–Trinajstić information content (AvgIpc) is 3.12. The first-order valence-electron chi connectivity index (χ1n) is 21.4. The highest BCUT2D eigenvalue weighted by Gasteiger charge is 2.30. The van der Waals surface area contributed by atoms with E-state index in [1.807, 2.05) is 0 Å². The lowest BCUT2D eigenvalue weighted by Gasteiger charge is -2.36. The number of likely N-dealkylation sites (N-methyl/N-ethyl adjacent to an activating group) is 2. The molecule has 0 bridgehead atoms. The molecule has 5 atom stereocenters. The molecule has 0 fully saturated rings. The molecular formula is C44H82N2O6. The van der Waals surface area contributed by atoms with Crippen LogP contribution < -0.4 is 0 Å². The maximum atomic E-state index is 12.1. The summed E-state index contributed by atoms with van der Waals surface area (Å²) in [5, 5.41) is 19.6. The number of carbonyl (C=O) groups is 2. The van der Waals surface area contributed by atoms with Crippen molar-refractivity contribution in [1.29, 1.82) is 0 Å². The molecule has 0 heterocycles. The Labute approximate surface area is 320 Å². The van der Waals surface area contributed by atoms with Gasteiger partial charge in [0.1, 0.15) is 25.7 Å². The van der Waals surface area contributed by atoms with Gasteiger partial charge in [0.05, 0.1) is 0 Å². The first-order chi connectivity index (χ1) is 25.1. The molecular weight excluding hydrogens is 652 g/mol. The zero-order valence-corrected chi connectivity index (χ0v) is 34.6. The van der Waals surface area contributed by atoms with Gasteiger partial charge in [-0.3, -0.25) is 19.4 Å². The van der Waals surface area contributed by atoms with Crippen molar-refractivity contribution < 1.29 is 29.3 Å². The molecule has 1 aliphatic carbocycles. The second-order valence-electron chi connectivity index (χ2n) is 16.0. The first-order valence-corrected chi connectivity index (χ1v) is 21.4. The molecule has 0 aromatic carbocycles. The average molecular weight is 735 g/mol. The zero-order chi connectivity index (χ0) is 38.4. The molecule has 0 aromatic heterocycles. The minimum Gasteiger partial charge on any atom is -0.461 e. The smallest absolute Gasteiger partial charge is 0.305 e. The van der Waals surface area contributed by atoms with Gasteiger partial charge in [0.25, 0.3) is 0 Å². The van der Waals surface area contributed by atoms with Crippen LogP contribution in [0.5, 0.6) is 0 Å². The van der Waals surface area contributed by atoms with Crippen molar-refractivity contribution in [1.82, 2.24) is 9.80 Å². The summed E-state index contributed by atoms with van der Waals surface area (Å²) in [4.78, 5) is 27.4. The van der Waals surface area contributed by atoms with E-state index < -0.39 is 12.5 Å². The first kappa shape index (κ1) is 48.3. The molecule has 0 aliphatic heterocycles. The summed E-state index contributed by atoms with van der Waals surface area (Å²) in [6.45, 7) is 4.62. The summed E-state index contributed by atoms with van der Waals surface area (Å²) < 4.78 is 10.4. The van der Waals surface area contributed by atoms with Crippen LogP contribution in [0.4, 0.5) is 0 Å². The van der Waals surface area contributed by atoms with Crippen LogP contribution in [0.2, 0.25) is 0 Å². The molecule has 304 valence electrons. The van der Waals surface area contributed by atoms with Crippen molar-refractivity contribution in [3.05, 3.63) is 23.8 Å². The van der Waals surface area contributed by atoms with Gasteiger partial charge in [-0.25, -0.2) is 0 Å². The molecule has 0 aromatic rings. The Balaban J connectivity index is 2.68. The molecule has 2 N–H and O–H groups in total. The van der Waals surface area contributed by atoms with Gasteiger partial charge in [-0.2, -0.15) is 0 Å². The Kier molecular flexibility index (Phi) is 29.3. The standard InChI is InChI=1S/C44H82N2O6/c1-7-9-11-13-16-22-28-38-34-40(30-24-18-15-20-26-32-44(50)52-36-42(48)46(5)6)39(33-37(38)27-21-12-10-8-2)29-23-17-14-19-25-31-43(49)51-35-41(47)45(3)4/h16,22,34,37,39-42,47-48H,7-15,17-21,23-33,35-36H2,1-6H3/b22-16+. The van der Waals surface area contributed by atoms with Crippen molar-refractivity contribution in [3.8, 4) is 0 Å². The van der Waals surface area contributed by atoms with E-state index in [1.165, 1.54) is 103 Å². The number of nitrogens with zero attached hydrogens (tertiary/aromatic N) is 2. The van der Waals surface area contributed by atoms with Crippen LogP contribution in [-0.4, -0.2) is 85.8 Å².